The molecule has 0 N–H and O–H groups in total. The summed E-state index contributed by atoms with van der Waals surface area (Å²) in [4.78, 5) is 9.45. The standard InChI is InChI=1S/C9H8F3NO2/c10-9(11,12)7-5-3-1-2-4-6-8(7)13(14)15/h1,3-4,6H,2,5H2/b3-1?,6-4-,8-7-. The van der Waals surface area contributed by atoms with Gasteiger partial charge in [-0.2, -0.15) is 13.2 Å². The maximum atomic E-state index is 12.4. The Labute approximate surface area is 83.7 Å². The zero-order chi connectivity index (χ0) is 11.5. The van der Waals surface area contributed by atoms with E-state index >= 15 is 0 Å². The maximum absolute atomic E-state index is 12.4. The minimum Gasteiger partial charge on any atom is -0.258 e. The summed E-state index contributed by atoms with van der Waals surface area (Å²) in [5.41, 5.74) is -1.98. The molecule has 0 amide bonds. The number of nitro groups is 1. The van der Waals surface area contributed by atoms with Crippen molar-refractivity contribution in [3.8, 4) is 0 Å². The highest BCUT2D eigenvalue weighted by Gasteiger charge is 2.39. The van der Waals surface area contributed by atoms with Gasteiger partial charge < -0.3 is 0 Å². The average molecular weight is 219 g/mol. The van der Waals surface area contributed by atoms with Crippen LogP contribution in [0.1, 0.15) is 12.8 Å². The van der Waals surface area contributed by atoms with Crippen LogP contribution in [0.4, 0.5) is 13.2 Å². The van der Waals surface area contributed by atoms with Crippen LogP contribution in [-0.2, 0) is 0 Å². The third-order valence-electron chi connectivity index (χ3n) is 1.88. The Bertz CT molecular complexity index is 353. The van der Waals surface area contributed by atoms with E-state index in [1.54, 1.807) is 6.08 Å². The molecule has 0 saturated carbocycles. The van der Waals surface area contributed by atoms with Crippen molar-refractivity contribution in [1.82, 2.24) is 0 Å². The first kappa shape index (κ1) is 11.5. The van der Waals surface area contributed by atoms with Crippen molar-refractivity contribution in [2.24, 2.45) is 0 Å². The van der Waals surface area contributed by atoms with E-state index in [9.17, 15) is 23.3 Å². The lowest BCUT2D eigenvalue weighted by Gasteiger charge is -2.10. The highest BCUT2D eigenvalue weighted by molar-refractivity contribution is 5.27. The summed E-state index contributed by atoms with van der Waals surface area (Å²) in [7, 11) is 0. The molecule has 0 spiro atoms. The molecule has 0 aromatic heterocycles. The molecule has 0 bridgehead atoms. The van der Waals surface area contributed by atoms with E-state index < -0.39 is 28.8 Å². The van der Waals surface area contributed by atoms with Crippen LogP contribution in [0.3, 0.4) is 0 Å². The summed E-state index contributed by atoms with van der Waals surface area (Å²) in [5, 5.41) is 10.4. The van der Waals surface area contributed by atoms with Gasteiger partial charge in [0.05, 0.1) is 4.92 Å². The van der Waals surface area contributed by atoms with Crippen molar-refractivity contribution in [1.29, 1.82) is 0 Å². The Morgan fingerprint density at radius 1 is 1.27 bits per heavy atom. The van der Waals surface area contributed by atoms with Gasteiger partial charge >= 0.3 is 6.18 Å². The molecular weight excluding hydrogens is 211 g/mol. The van der Waals surface area contributed by atoms with Gasteiger partial charge in [-0.25, -0.2) is 0 Å². The van der Waals surface area contributed by atoms with E-state index in [4.69, 9.17) is 0 Å². The van der Waals surface area contributed by atoms with Gasteiger partial charge in [-0.3, -0.25) is 10.1 Å². The van der Waals surface area contributed by atoms with Crippen molar-refractivity contribution in [2.75, 3.05) is 0 Å². The Balaban J connectivity index is 3.24. The molecule has 6 heteroatoms. The molecule has 1 aliphatic carbocycles. The summed E-state index contributed by atoms with van der Waals surface area (Å²) < 4.78 is 37.3. The number of alkyl halides is 3. The molecule has 0 radical (unpaired) electrons. The van der Waals surface area contributed by atoms with Crippen molar-refractivity contribution >= 4 is 0 Å². The number of rotatable bonds is 1. The second-order valence-corrected chi connectivity index (χ2v) is 2.93. The first-order chi connectivity index (χ1) is 6.93. The number of nitrogens with zero attached hydrogens (tertiary/aromatic N) is 1. The largest absolute Gasteiger partial charge is 0.419 e. The van der Waals surface area contributed by atoms with Gasteiger partial charge in [0.15, 0.2) is 0 Å². The highest BCUT2D eigenvalue weighted by atomic mass is 19.4. The fourth-order valence-corrected chi connectivity index (χ4v) is 1.19. The van der Waals surface area contributed by atoms with Crippen molar-refractivity contribution in [3.05, 3.63) is 45.7 Å². The van der Waals surface area contributed by atoms with Gasteiger partial charge in [-0.1, -0.05) is 18.2 Å². The van der Waals surface area contributed by atoms with E-state index in [-0.39, 0.29) is 0 Å². The molecule has 0 aromatic carbocycles. The quantitative estimate of drug-likeness (QED) is 0.386. The van der Waals surface area contributed by atoms with E-state index in [0.717, 1.165) is 6.08 Å². The molecule has 15 heavy (non-hydrogen) atoms. The molecule has 82 valence electrons. The minimum absolute atomic E-state index is 0.405. The molecule has 1 aliphatic rings. The molecule has 0 aromatic rings. The fraction of sp³-hybridized carbons (Fsp3) is 0.333. The first-order valence-corrected chi connectivity index (χ1v) is 4.19. The molecular formula is C9H8F3NO2. The number of allylic oxidation sites excluding steroid dienone is 5. The molecule has 0 fully saturated rings. The van der Waals surface area contributed by atoms with Gasteiger partial charge in [0.1, 0.15) is 5.57 Å². The lowest BCUT2D eigenvalue weighted by Crippen LogP contribution is -2.17. The molecule has 0 heterocycles. The summed E-state index contributed by atoms with van der Waals surface area (Å²) >= 11 is 0. The van der Waals surface area contributed by atoms with Crippen LogP contribution in [0, 0.1) is 10.1 Å². The third-order valence-corrected chi connectivity index (χ3v) is 1.88. The summed E-state index contributed by atoms with van der Waals surface area (Å²) in [6, 6.07) is 0. The molecule has 3 nitrogen and oxygen atoms in total. The predicted molar refractivity (Wildman–Crippen MR) is 47.6 cm³/mol. The molecule has 0 aliphatic heterocycles. The topological polar surface area (TPSA) is 43.1 Å². The van der Waals surface area contributed by atoms with Crippen molar-refractivity contribution in [2.45, 2.75) is 19.0 Å². The average Bonchev–Trinajstić information content (AvgIpc) is 1.99. The van der Waals surface area contributed by atoms with Crippen LogP contribution in [0.15, 0.2) is 35.6 Å². The summed E-state index contributed by atoms with van der Waals surface area (Å²) in [6.07, 6.45) is 0.363. The summed E-state index contributed by atoms with van der Waals surface area (Å²) in [6.45, 7) is 0. The van der Waals surface area contributed by atoms with Crippen molar-refractivity contribution < 1.29 is 18.1 Å². The predicted octanol–water partition coefficient (Wildman–Crippen LogP) is 2.99. The van der Waals surface area contributed by atoms with E-state index in [2.05, 4.69) is 0 Å². The molecule has 1 rings (SSSR count). The molecule has 0 atom stereocenters. The monoisotopic (exact) mass is 219 g/mol. The van der Waals surface area contributed by atoms with Crippen LogP contribution in [0.25, 0.3) is 0 Å². The van der Waals surface area contributed by atoms with Crippen LogP contribution in [0.2, 0.25) is 0 Å². The Morgan fingerprint density at radius 3 is 2.47 bits per heavy atom. The van der Waals surface area contributed by atoms with Gasteiger partial charge in [-0.05, 0) is 6.42 Å². The molecule has 0 unspecified atom stereocenters. The van der Waals surface area contributed by atoms with Crippen LogP contribution in [0.5, 0.6) is 0 Å². The van der Waals surface area contributed by atoms with Gasteiger partial charge in [0.2, 0.25) is 0 Å². The van der Waals surface area contributed by atoms with Crippen LogP contribution >= 0.6 is 0 Å². The lowest BCUT2D eigenvalue weighted by atomic mass is 10.1. The normalized spacial score (nSPS) is 24.5. The highest BCUT2D eigenvalue weighted by Crippen LogP contribution is 2.32. The lowest BCUT2D eigenvalue weighted by molar-refractivity contribution is -0.422. The third kappa shape index (κ3) is 2.93. The smallest absolute Gasteiger partial charge is 0.258 e. The second kappa shape index (κ2) is 4.29. The fourth-order valence-electron chi connectivity index (χ4n) is 1.19. The van der Waals surface area contributed by atoms with Gasteiger partial charge in [0.25, 0.3) is 5.70 Å². The van der Waals surface area contributed by atoms with Crippen molar-refractivity contribution in [3.63, 3.8) is 0 Å². The van der Waals surface area contributed by atoms with Crippen LogP contribution in [-0.4, -0.2) is 11.1 Å². The zero-order valence-corrected chi connectivity index (χ0v) is 7.62. The van der Waals surface area contributed by atoms with E-state index in [1.165, 1.54) is 12.2 Å². The SMILES string of the molecule is O=[N+]([O-])C1=C(\C(F)(F)F)CC=CC/C=C\1. The minimum atomic E-state index is -4.66. The number of halogens is 3. The Kier molecular flexibility index (Phi) is 3.28. The van der Waals surface area contributed by atoms with Gasteiger partial charge in [-0.15, -0.1) is 0 Å². The Morgan fingerprint density at radius 2 is 1.93 bits per heavy atom. The summed E-state index contributed by atoms with van der Waals surface area (Å²) in [5.74, 6) is 0. The van der Waals surface area contributed by atoms with Crippen LogP contribution < -0.4 is 0 Å². The second-order valence-electron chi connectivity index (χ2n) is 2.93. The Hall–Kier alpha value is -1.59. The first-order valence-electron chi connectivity index (χ1n) is 4.19. The van der Waals surface area contributed by atoms with E-state index in [1.807, 2.05) is 0 Å². The zero-order valence-electron chi connectivity index (χ0n) is 7.62. The number of hydrogen-bond acceptors (Lipinski definition) is 2. The molecule has 0 saturated heterocycles. The van der Waals surface area contributed by atoms with Gasteiger partial charge in [0, 0.05) is 12.5 Å². The number of hydrogen-bond donors (Lipinski definition) is 0. The van der Waals surface area contributed by atoms with E-state index in [0.29, 0.717) is 6.42 Å². The maximum Gasteiger partial charge on any atom is 0.419 e.